The van der Waals surface area contributed by atoms with Crippen molar-refractivity contribution in [3.8, 4) is 0 Å². The second-order valence-electron chi connectivity index (χ2n) is 6.60. The molecule has 25 heavy (non-hydrogen) atoms. The molecule has 0 unspecified atom stereocenters. The van der Waals surface area contributed by atoms with Crippen molar-refractivity contribution in [2.75, 3.05) is 13.1 Å². The molecular formula is C21H24N2O2. The van der Waals surface area contributed by atoms with Crippen LogP contribution in [0.15, 0.2) is 54.6 Å². The van der Waals surface area contributed by atoms with Crippen LogP contribution < -0.4 is 5.32 Å². The molecular weight excluding hydrogens is 312 g/mol. The molecule has 0 saturated carbocycles. The van der Waals surface area contributed by atoms with Crippen LogP contribution in [-0.2, 0) is 11.2 Å². The van der Waals surface area contributed by atoms with E-state index in [4.69, 9.17) is 0 Å². The van der Waals surface area contributed by atoms with Crippen LogP contribution in [0.5, 0.6) is 0 Å². The zero-order chi connectivity index (χ0) is 17.6. The van der Waals surface area contributed by atoms with Crippen molar-refractivity contribution in [2.24, 2.45) is 0 Å². The highest BCUT2D eigenvalue weighted by molar-refractivity contribution is 5.94. The van der Waals surface area contributed by atoms with Crippen LogP contribution in [0.3, 0.4) is 0 Å². The molecule has 4 nitrogen and oxygen atoms in total. The van der Waals surface area contributed by atoms with Gasteiger partial charge in [-0.2, -0.15) is 0 Å². The van der Waals surface area contributed by atoms with Gasteiger partial charge in [0.05, 0.1) is 6.42 Å². The van der Waals surface area contributed by atoms with Gasteiger partial charge in [-0.15, -0.1) is 0 Å². The fourth-order valence-electron chi connectivity index (χ4n) is 3.25. The minimum absolute atomic E-state index is 0.0575. The number of hydrogen-bond donors (Lipinski definition) is 1. The largest absolute Gasteiger partial charge is 0.353 e. The van der Waals surface area contributed by atoms with E-state index in [2.05, 4.69) is 5.32 Å². The smallest absolute Gasteiger partial charge is 0.253 e. The first kappa shape index (κ1) is 17.2. The molecule has 0 radical (unpaired) electrons. The van der Waals surface area contributed by atoms with Crippen molar-refractivity contribution >= 4 is 11.8 Å². The number of aryl methyl sites for hydroxylation is 1. The Hall–Kier alpha value is -2.62. The number of piperidine rings is 1. The van der Waals surface area contributed by atoms with Gasteiger partial charge < -0.3 is 10.2 Å². The second kappa shape index (κ2) is 7.97. The van der Waals surface area contributed by atoms with Crippen LogP contribution >= 0.6 is 0 Å². The Morgan fingerprint density at radius 1 is 1.00 bits per heavy atom. The van der Waals surface area contributed by atoms with Crippen molar-refractivity contribution in [1.29, 1.82) is 0 Å². The fraction of sp³-hybridized carbons (Fsp3) is 0.333. The molecule has 2 amide bonds. The van der Waals surface area contributed by atoms with Gasteiger partial charge in [-0.05, 0) is 43.0 Å². The third-order valence-corrected chi connectivity index (χ3v) is 4.78. The van der Waals surface area contributed by atoms with Crippen molar-refractivity contribution in [3.05, 3.63) is 71.3 Å². The minimum atomic E-state index is 0.0575. The first-order chi connectivity index (χ1) is 12.1. The summed E-state index contributed by atoms with van der Waals surface area (Å²) < 4.78 is 0. The number of likely N-dealkylation sites (tertiary alicyclic amines) is 1. The van der Waals surface area contributed by atoms with Gasteiger partial charge >= 0.3 is 0 Å². The Balaban J connectivity index is 1.48. The Bertz CT molecular complexity index is 735. The van der Waals surface area contributed by atoms with E-state index in [9.17, 15) is 9.59 Å². The lowest BCUT2D eigenvalue weighted by Crippen LogP contribution is -2.46. The number of benzene rings is 2. The summed E-state index contributed by atoms with van der Waals surface area (Å²) in [5, 5.41) is 3.12. The van der Waals surface area contributed by atoms with E-state index in [1.165, 1.54) is 0 Å². The highest BCUT2D eigenvalue weighted by atomic mass is 16.2. The third kappa shape index (κ3) is 4.47. The van der Waals surface area contributed by atoms with Gasteiger partial charge in [0.15, 0.2) is 0 Å². The van der Waals surface area contributed by atoms with Crippen molar-refractivity contribution < 1.29 is 9.59 Å². The zero-order valence-corrected chi connectivity index (χ0v) is 14.6. The number of amides is 2. The summed E-state index contributed by atoms with van der Waals surface area (Å²) in [5.74, 6) is 0.132. The fourth-order valence-corrected chi connectivity index (χ4v) is 3.25. The van der Waals surface area contributed by atoms with Crippen LogP contribution in [0.2, 0.25) is 0 Å². The molecule has 130 valence electrons. The average molecular weight is 336 g/mol. The predicted molar refractivity (Wildman–Crippen MR) is 98.4 cm³/mol. The quantitative estimate of drug-likeness (QED) is 0.933. The minimum Gasteiger partial charge on any atom is -0.353 e. The maximum atomic E-state index is 12.4. The van der Waals surface area contributed by atoms with E-state index in [-0.39, 0.29) is 17.9 Å². The lowest BCUT2D eigenvalue weighted by molar-refractivity contribution is -0.121. The first-order valence-corrected chi connectivity index (χ1v) is 8.81. The standard InChI is InChI=1S/C21H24N2O2/c1-16-7-5-6-10-18(16)15-20(24)22-19-11-13-23(14-12-19)21(25)17-8-3-2-4-9-17/h2-10,19H,11-15H2,1H3,(H,22,24). The van der Waals surface area contributed by atoms with E-state index in [0.717, 1.165) is 29.5 Å². The van der Waals surface area contributed by atoms with Crippen LogP contribution in [0.1, 0.15) is 34.3 Å². The number of rotatable bonds is 4. The molecule has 1 fully saturated rings. The first-order valence-electron chi connectivity index (χ1n) is 8.81. The highest BCUT2D eigenvalue weighted by Gasteiger charge is 2.24. The second-order valence-corrected chi connectivity index (χ2v) is 6.60. The van der Waals surface area contributed by atoms with Crippen molar-refractivity contribution in [2.45, 2.75) is 32.2 Å². The predicted octanol–water partition coefficient (Wildman–Crippen LogP) is 2.96. The van der Waals surface area contributed by atoms with Gasteiger partial charge in [0.25, 0.3) is 5.91 Å². The molecule has 4 heteroatoms. The molecule has 1 N–H and O–H groups in total. The third-order valence-electron chi connectivity index (χ3n) is 4.78. The van der Waals surface area contributed by atoms with Gasteiger partial charge in [-0.3, -0.25) is 9.59 Å². The molecule has 0 atom stereocenters. The van der Waals surface area contributed by atoms with E-state index < -0.39 is 0 Å². The molecule has 1 saturated heterocycles. The maximum absolute atomic E-state index is 12.4. The Morgan fingerprint density at radius 2 is 1.64 bits per heavy atom. The number of nitrogens with zero attached hydrogens (tertiary/aromatic N) is 1. The summed E-state index contributed by atoms with van der Waals surface area (Å²) in [6.07, 6.45) is 2.02. The SMILES string of the molecule is Cc1ccccc1CC(=O)NC1CCN(C(=O)c2ccccc2)CC1. The number of nitrogens with one attached hydrogen (secondary N) is 1. The lowest BCUT2D eigenvalue weighted by Gasteiger charge is -2.32. The topological polar surface area (TPSA) is 49.4 Å². The summed E-state index contributed by atoms with van der Waals surface area (Å²) >= 11 is 0. The van der Waals surface area contributed by atoms with E-state index in [1.54, 1.807) is 0 Å². The van der Waals surface area contributed by atoms with Gasteiger partial charge in [0, 0.05) is 24.7 Å². The average Bonchev–Trinajstić information content (AvgIpc) is 2.64. The van der Waals surface area contributed by atoms with Crippen molar-refractivity contribution in [1.82, 2.24) is 10.2 Å². The molecule has 0 aromatic heterocycles. The molecule has 2 aromatic carbocycles. The normalized spacial score (nSPS) is 15.0. The van der Waals surface area contributed by atoms with Crippen LogP contribution in [0.4, 0.5) is 0 Å². The molecule has 2 aromatic rings. The van der Waals surface area contributed by atoms with Gasteiger partial charge in [-0.25, -0.2) is 0 Å². The molecule has 0 spiro atoms. The molecule has 0 aliphatic carbocycles. The summed E-state index contributed by atoms with van der Waals surface area (Å²) in [6, 6.07) is 17.5. The van der Waals surface area contributed by atoms with E-state index in [1.807, 2.05) is 66.4 Å². The van der Waals surface area contributed by atoms with E-state index >= 15 is 0 Å². The summed E-state index contributed by atoms with van der Waals surface area (Å²) in [4.78, 5) is 26.6. The number of hydrogen-bond acceptors (Lipinski definition) is 2. The Labute approximate surface area is 148 Å². The van der Waals surface area contributed by atoms with Crippen LogP contribution in [0.25, 0.3) is 0 Å². The molecule has 1 aliphatic rings. The zero-order valence-electron chi connectivity index (χ0n) is 14.6. The van der Waals surface area contributed by atoms with Gasteiger partial charge in [0.2, 0.25) is 5.91 Å². The molecule has 1 aliphatic heterocycles. The molecule has 3 rings (SSSR count). The van der Waals surface area contributed by atoms with Gasteiger partial charge in [0.1, 0.15) is 0 Å². The number of carbonyl (C=O) groups excluding carboxylic acids is 2. The lowest BCUT2D eigenvalue weighted by atomic mass is 10.0. The molecule has 0 bridgehead atoms. The summed E-state index contributed by atoms with van der Waals surface area (Å²) in [5.41, 5.74) is 2.93. The van der Waals surface area contributed by atoms with Crippen molar-refractivity contribution in [3.63, 3.8) is 0 Å². The van der Waals surface area contributed by atoms with E-state index in [0.29, 0.717) is 19.5 Å². The Morgan fingerprint density at radius 3 is 2.32 bits per heavy atom. The molecule has 1 heterocycles. The van der Waals surface area contributed by atoms with Crippen LogP contribution in [-0.4, -0.2) is 35.8 Å². The van der Waals surface area contributed by atoms with Crippen LogP contribution in [0, 0.1) is 6.92 Å². The monoisotopic (exact) mass is 336 g/mol. The summed E-state index contributed by atoms with van der Waals surface area (Å²) in [6.45, 7) is 3.39. The maximum Gasteiger partial charge on any atom is 0.253 e. The Kier molecular flexibility index (Phi) is 5.49. The highest BCUT2D eigenvalue weighted by Crippen LogP contribution is 2.15. The number of carbonyl (C=O) groups is 2. The van der Waals surface area contributed by atoms with Gasteiger partial charge in [-0.1, -0.05) is 42.5 Å². The summed E-state index contributed by atoms with van der Waals surface area (Å²) in [7, 11) is 0.